The number of ether oxygens (including phenoxy) is 1. The summed E-state index contributed by atoms with van der Waals surface area (Å²) in [7, 11) is 1.12. The van der Waals surface area contributed by atoms with Crippen molar-refractivity contribution in [2.24, 2.45) is 0 Å². The van der Waals surface area contributed by atoms with Crippen LogP contribution in [0.2, 0.25) is 0 Å². The highest BCUT2D eigenvalue weighted by Gasteiger charge is 2.23. The predicted molar refractivity (Wildman–Crippen MR) is 34.7 cm³/mol. The minimum Gasteiger partial charge on any atom is -0.467 e. The molecule has 0 unspecified atom stereocenters. The van der Waals surface area contributed by atoms with Crippen LogP contribution in [-0.2, 0) is 9.53 Å². The summed E-state index contributed by atoms with van der Waals surface area (Å²) in [5.41, 5.74) is 0. The lowest BCUT2D eigenvalue weighted by Crippen LogP contribution is -2.35. The lowest BCUT2D eigenvalue weighted by Gasteiger charge is -2.11. The Morgan fingerprint density at radius 3 is 2.50 bits per heavy atom. The van der Waals surface area contributed by atoms with Gasteiger partial charge in [0.05, 0.1) is 13.0 Å². The molecule has 60 valence electrons. The van der Waals surface area contributed by atoms with Crippen LogP contribution < -0.4 is 0 Å². The normalized spacial score (nSPS) is 16.0. The zero-order valence-corrected chi connectivity index (χ0v) is 6.21. The number of rotatable bonds is 3. The minimum atomic E-state index is -1.54. The third-order valence-corrected chi connectivity index (χ3v) is 1.28. The molecule has 0 aromatic rings. The van der Waals surface area contributed by atoms with Crippen LogP contribution >= 0.6 is 11.6 Å². The van der Waals surface area contributed by atoms with E-state index in [4.69, 9.17) is 21.8 Å². The number of alkyl halides is 1. The first-order valence-corrected chi connectivity index (χ1v) is 3.16. The van der Waals surface area contributed by atoms with E-state index in [0.717, 1.165) is 7.11 Å². The lowest BCUT2D eigenvalue weighted by molar-refractivity contribution is -0.155. The van der Waals surface area contributed by atoms with E-state index < -0.39 is 18.2 Å². The summed E-state index contributed by atoms with van der Waals surface area (Å²) >= 11 is 5.13. The molecule has 0 rings (SSSR count). The Morgan fingerprint density at radius 1 is 1.70 bits per heavy atom. The highest BCUT2D eigenvalue weighted by molar-refractivity contribution is 6.18. The molecule has 4 nitrogen and oxygen atoms in total. The largest absolute Gasteiger partial charge is 0.467 e. The minimum absolute atomic E-state index is 0.198. The topological polar surface area (TPSA) is 66.8 Å². The Kier molecular flexibility index (Phi) is 4.34. The monoisotopic (exact) mass is 168 g/mol. The molecule has 0 saturated carbocycles. The summed E-state index contributed by atoms with van der Waals surface area (Å²) in [5, 5.41) is 17.5. The van der Waals surface area contributed by atoms with Gasteiger partial charge in [-0.1, -0.05) is 0 Å². The molecule has 5 heteroatoms. The van der Waals surface area contributed by atoms with Crippen molar-refractivity contribution < 1.29 is 19.7 Å². The van der Waals surface area contributed by atoms with E-state index in [-0.39, 0.29) is 5.88 Å². The van der Waals surface area contributed by atoms with Crippen LogP contribution in [0, 0.1) is 0 Å². The molecular formula is C5H9ClO4. The quantitative estimate of drug-likeness (QED) is 0.424. The Labute approximate surface area is 63.4 Å². The third-order valence-electron chi connectivity index (χ3n) is 0.965. The number of halogens is 1. The van der Waals surface area contributed by atoms with Gasteiger partial charge in [-0.15, -0.1) is 11.6 Å². The molecule has 2 N–H and O–H groups in total. The van der Waals surface area contributed by atoms with Gasteiger partial charge in [-0.25, -0.2) is 4.79 Å². The average Bonchev–Trinajstić information content (AvgIpc) is 2.00. The van der Waals surface area contributed by atoms with E-state index in [1.54, 1.807) is 0 Å². The number of carbonyl (C=O) groups is 1. The molecule has 0 heterocycles. The van der Waals surface area contributed by atoms with Gasteiger partial charge in [0.25, 0.3) is 0 Å². The first-order valence-electron chi connectivity index (χ1n) is 2.63. The summed E-state index contributed by atoms with van der Waals surface area (Å²) < 4.78 is 4.13. The molecule has 0 amide bonds. The van der Waals surface area contributed by atoms with E-state index in [9.17, 15) is 4.79 Å². The van der Waals surface area contributed by atoms with Gasteiger partial charge in [0.15, 0.2) is 6.10 Å². The van der Waals surface area contributed by atoms with Crippen molar-refractivity contribution in [3.8, 4) is 0 Å². The molecule has 0 bridgehead atoms. The lowest BCUT2D eigenvalue weighted by atomic mass is 10.2. The number of hydrogen-bond donors (Lipinski definition) is 2. The molecule has 0 fully saturated rings. The Hall–Kier alpha value is -0.320. The molecule has 0 aromatic heterocycles. The summed E-state index contributed by atoms with van der Waals surface area (Å²) in [4.78, 5) is 10.4. The van der Waals surface area contributed by atoms with Gasteiger partial charge in [-0.05, 0) is 0 Å². The van der Waals surface area contributed by atoms with Crippen molar-refractivity contribution in [2.75, 3.05) is 13.0 Å². The molecular weight excluding hydrogens is 160 g/mol. The smallest absolute Gasteiger partial charge is 0.337 e. The molecule has 10 heavy (non-hydrogen) atoms. The maximum absolute atomic E-state index is 10.4. The first-order chi connectivity index (χ1) is 4.63. The molecule has 0 saturated heterocycles. The number of hydrogen-bond acceptors (Lipinski definition) is 4. The van der Waals surface area contributed by atoms with Crippen LogP contribution in [0.3, 0.4) is 0 Å². The van der Waals surface area contributed by atoms with E-state index in [1.165, 1.54) is 0 Å². The molecule has 0 aliphatic heterocycles. The average molecular weight is 169 g/mol. The van der Waals surface area contributed by atoms with Gasteiger partial charge in [-0.3, -0.25) is 0 Å². The first kappa shape index (κ1) is 9.68. The summed E-state index contributed by atoms with van der Waals surface area (Å²) in [6.45, 7) is 0. The van der Waals surface area contributed by atoms with E-state index >= 15 is 0 Å². The van der Waals surface area contributed by atoms with Crippen LogP contribution in [0.4, 0.5) is 0 Å². The van der Waals surface area contributed by atoms with E-state index in [2.05, 4.69) is 4.74 Å². The SMILES string of the molecule is COC(=O)[C@@H](O)[C@H](O)CCl. The molecule has 0 radical (unpaired) electrons. The van der Waals surface area contributed by atoms with Crippen molar-refractivity contribution in [3.05, 3.63) is 0 Å². The van der Waals surface area contributed by atoms with E-state index in [0.29, 0.717) is 0 Å². The van der Waals surface area contributed by atoms with Crippen LogP contribution in [0.25, 0.3) is 0 Å². The van der Waals surface area contributed by atoms with Gasteiger partial charge in [0.2, 0.25) is 0 Å². The van der Waals surface area contributed by atoms with Crippen molar-refractivity contribution >= 4 is 17.6 Å². The predicted octanol–water partition coefficient (Wildman–Crippen LogP) is -0.880. The van der Waals surface area contributed by atoms with Gasteiger partial charge in [0, 0.05) is 0 Å². The van der Waals surface area contributed by atoms with Crippen LogP contribution in [0.5, 0.6) is 0 Å². The van der Waals surface area contributed by atoms with Crippen LogP contribution in [0.1, 0.15) is 0 Å². The summed E-state index contributed by atoms with van der Waals surface area (Å²) in [6, 6.07) is 0. The number of esters is 1. The number of aliphatic hydroxyl groups excluding tert-OH is 2. The summed E-state index contributed by atoms with van der Waals surface area (Å²) in [5.74, 6) is -1.08. The fourth-order valence-corrected chi connectivity index (χ4v) is 0.531. The second-order valence-corrected chi connectivity index (χ2v) is 2.00. The maximum atomic E-state index is 10.4. The second kappa shape index (κ2) is 4.49. The van der Waals surface area contributed by atoms with Gasteiger partial charge >= 0.3 is 5.97 Å². The second-order valence-electron chi connectivity index (χ2n) is 1.69. The van der Waals surface area contributed by atoms with Crippen molar-refractivity contribution in [1.82, 2.24) is 0 Å². The Balaban J connectivity index is 3.81. The van der Waals surface area contributed by atoms with Crippen molar-refractivity contribution in [3.63, 3.8) is 0 Å². The van der Waals surface area contributed by atoms with Crippen LogP contribution in [0.15, 0.2) is 0 Å². The molecule has 0 spiro atoms. The maximum Gasteiger partial charge on any atom is 0.337 e. The van der Waals surface area contributed by atoms with Crippen LogP contribution in [-0.4, -0.2) is 41.4 Å². The van der Waals surface area contributed by atoms with Crippen molar-refractivity contribution in [1.29, 1.82) is 0 Å². The molecule has 0 aromatic carbocycles. The fourth-order valence-electron chi connectivity index (χ4n) is 0.362. The summed E-state index contributed by atoms with van der Waals surface area (Å²) in [6.07, 6.45) is -2.79. The number of carbonyl (C=O) groups excluding carboxylic acids is 1. The van der Waals surface area contributed by atoms with E-state index in [1.807, 2.05) is 0 Å². The highest BCUT2D eigenvalue weighted by Crippen LogP contribution is 1.97. The molecule has 2 atom stereocenters. The molecule has 0 aliphatic carbocycles. The highest BCUT2D eigenvalue weighted by atomic mass is 35.5. The number of methoxy groups -OCH3 is 1. The van der Waals surface area contributed by atoms with Gasteiger partial charge in [0.1, 0.15) is 6.10 Å². The van der Waals surface area contributed by atoms with Gasteiger partial charge in [-0.2, -0.15) is 0 Å². The zero-order valence-electron chi connectivity index (χ0n) is 5.45. The Bertz CT molecular complexity index is 116. The number of aliphatic hydroxyl groups is 2. The fraction of sp³-hybridized carbons (Fsp3) is 0.800. The van der Waals surface area contributed by atoms with Gasteiger partial charge < -0.3 is 14.9 Å². The zero-order chi connectivity index (χ0) is 8.15. The Morgan fingerprint density at radius 2 is 2.20 bits per heavy atom. The molecule has 0 aliphatic rings. The standard InChI is InChI=1S/C5H9ClO4/c1-10-5(9)4(8)3(7)2-6/h3-4,7-8H,2H2,1H3/t3-,4+/m1/s1. The third kappa shape index (κ3) is 2.51. The van der Waals surface area contributed by atoms with Crippen molar-refractivity contribution in [2.45, 2.75) is 12.2 Å².